The van der Waals surface area contributed by atoms with Crippen LogP contribution in [-0.2, 0) is 9.73 Å². The third-order valence-corrected chi connectivity index (χ3v) is 5.97. The van der Waals surface area contributed by atoms with Gasteiger partial charge < -0.3 is 10.2 Å². The van der Waals surface area contributed by atoms with Gasteiger partial charge in [-0.3, -0.25) is 4.79 Å². The zero-order chi connectivity index (χ0) is 22.8. The van der Waals surface area contributed by atoms with Gasteiger partial charge in [-0.1, -0.05) is 0 Å². The minimum atomic E-state index is -3.07. The second-order valence-corrected chi connectivity index (χ2v) is 9.62. The van der Waals surface area contributed by atoms with E-state index in [9.17, 15) is 23.0 Å². The molecule has 2 aromatic heterocycles. The van der Waals surface area contributed by atoms with Crippen LogP contribution in [0.1, 0.15) is 40.9 Å². The van der Waals surface area contributed by atoms with Crippen molar-refractivity contribution >= 4 is 27.1 Å². The van der Waals surface area contributed by atoms with Crippen molar-refractivity contribution in [2.45, 2.75) is 37.1 Å². The number of amides is 1. The Labute approximate surface area is 179 Å². The lowest BCUT2D eigenvalue weighted by Crippen LogP contribution is -2.30. The highest BCUT2D eigenvalue weighted by atomic mass is 32.2. The molecule has 1 fully saturated rings. The average molecular weight is 448 g/mol. The van der Waals surface area contributed by atoms with Crippen LogP contribution in [0.3, 0.4) is 0 Å². The summed E-state index contributed by atoms with van der Waals surface area (Å²) in [4.78, 5) is 22.9. The Morgan fingerprint density at radius 1 is 1.35 bits per heavy atom. The van der Waals surface area contributed by atoms with Gasteiger partial charge in [-0.25, -0.2) is 27.7 Å². The average Bonchev–Trinajstić information content (AvgIpc) is 2.87. The quantitative estimate of drug-likeness (QED) is 0.737. The Balaban J connectivity index is 1.99. The number of alkyl halides is 2. The fourth-order valence-electron chi connectivity index (χ4n) is 3.39. The van der Waals surface area contributed by atoms with Gasteiger partial charge in [0.25, 0.3) is 5.91 Å². The van der Waals surface area contributed by atoms with Crippen molar-refractivity contribution in [2.24, 2.45) is 0 Å². The Hall–Kier alpha value is -3.13. The van der Waals surface area contributed by atoms with Crippen molar-refractivity contribution in [3.05, 3.63) is 41.2 Å². The summed E-state index contributed by atoms with van der Waals surface area (Å²) in [6, 6.07) is 6.25. The molecule has 3 rings (SSSR count). The normalized spacial score (nSPS) is 17.8. The highest BCUT2D eigenvalue weighted by Crippen LogP contribution is 2.32. The Morgan fingerprint density at radius 3 is 2.77 bits per heavy atom. The summed E-state index contributed by atoms with van der Waals surface area (Å²) in [6.45, 7) is 1.94. The molecular weight excluding hydrogens is 426 g/mol. The van der Waals surface area contributed by atoms with Gasteiger partial charge in [0.1, 0.15) is 22.6 Å². The van der Waals surface area contributed by atoms with E-state index in [4.69, 9.17) is 4.78 Å². The maximum atomic E-state index is 13.8. The number of carbonyl (C=O) groups excluding carboxylic acids is 1. The SMILES string of the molecule is Cc1cc(C#N)nc(N2CCCC(F)(F)CC2)c1C(=O)Nc1ccnc(S(C)(=N)=O)c1. The van der Waals surface area contributed by atoms with Crippen LogP contribution in [0, 0.1) is 23.0 Å². The van der Waals surface area contributed by atoms with Gasteiger partial charge in [-0.2, -0.15) is 5.26 Å². The van der Waals surface area contributed by atoms with Crippen LogP contribution in [0.4, 0.5) is 20.3 Å². The van der Waals surface area contributed by atoms with Gasteiger partial charge in [0.15, 0.2) is 0 Å². The van der Waals surface area contributed by atoms with E-state index in [-0.39, 0.29) is 60.1 Å². The summed E-state index contributed by atoms with van der Waals surface area (Å²) in [5.74, 6) is -3.15. The molecule has 1 aliphatic rings. The predicted molar refractivity (Wildman–Crippen MR) is 112 cm³/mol. The van der Waals surface area contributed by atoms with E-state index in [0.717, 1.165) is 0 Å². The van der Waals surface area contributed by atoms with E-state index >= 15 is 0 Å². The maximum absolute atomic E-state index is 13.8. The van der Waals surface area contributed by atoms with E-state index in [0.29, 0.717) is 5.56 Å². The molecule has 0 bridgehead atoms. The fraction of sp³-hybridized carbons (Fsp3) is 0.400. The number of rotatable bonds is 4. The van der Waals surface area contributed by atoms with Gasteiger partial charge >= 0.3 is 0 Å². The molecule has 31 heavy (non-hydrogen) atoms. The second-order valence-electron chi connectivity index (χ2n) is 7.51. The van der Waals surface area contributed by atoms with E-state index in [1.807, 2.05) is 6.07 Å². The number of pyridine rings is 2. The first-order chi connectivity index (χ1) is 14.5. The number of nitrogens with zero attached hydrogens (tertiary/aromatic N) is 4. The summed E-state index contributed by atoms with van der Waals surface area (Å²) in [7, 11) is -3.07. The lowest BCUT2D eigenvalue weighted by Gasteiger charge is -2.25. The molecule has 0 radical (unpaired) electrons. The van der Waals surface area contributed by atoms with Crippen LogP contribution < -0.4 is 10.2 Å². The van der Waals surface area contributed by atoms with Crippen LogP contribution in [-0.4, -0.2) is 45.4 Å². The molecule has 164 valence electrons. The second kappa shape index (κ2) is 8.55. The molecule has 1 atom stereocenters. The lowest BCUT2D eigenvalue weighted by molar-refractivity contribution is -0.0102. The van der Waals surface area contributed by atoms with Gasteiger partial charge in [0, 0.05) is 44.1 Å². The number of halogens is 2. The Morgan fingerprint density at radius 2 is 2.10 bits per heavy atom. The molecule has 0 spiro atoms. The fourth-order valence-corrected chi connectivity index (χ4v) is 4.01. The van der Waals surface area contributed by atoms with Crippen LogP contribution in [0.25, 0.3) is 0 Å². The van der Waals surface area contributed by atoms with Crippen LogP contribution >= 0.6 is 0 Å². The minimum absolute atomic E-state index is 0.00471. The number of hydrogen-bond donors (Lipinski definition) is 2. The molecule has 11 heteroatoms. The first kappa shape index (κ1) is 22.6. The van der Waals surface area contributed by atoms with Crippen LogP contribution in [0.15, 0.2) is 29.4 Å². The molecule has 2 N–H and O–H groups in total. The number of hydrogen-bond acceptors (Lipinski definition) is 7. The number of anilines is 2. The zero-order valence-electron chi connectivity index (χ0n) is 17.1. The van der Waals surface area contributed by atoms with E-state index in [1.54, 1.807) is 11.8 Å². The van der Waals surface area contributed by atoms with E-state index in [2.05, 4.69) is 15.3 Å². The number of aryl methyl sites for hydroxylation is 1. The Kier molecular flexibility index (Phi) is 6.22. The van der Waals surface area contributed by atoms with Gasteiger partial charge in [-0.05, 0) is 37.1 Å². The monoisotopic (exact) mass is 448 g/mol. The van der Waals surface area contributed by atoms with E-state index in [1.165, 1.54) is 30.7 Å². The van der Waals surface area contributed by atoms with Gasteiger partial charge in [0.05, 0.1) is 15.3 Å². The van der Waals surface area contributed by atoms with Gasteiger partial charge in [-0.15, -0.1) is 0 Å². The molecule has 3 heterocycles. The first-order valence-electron chi connectivity index (χ1n) is 9.56. The molecule has 1 unspecified atom stereocenters. The molecule has 0 aromatic carbocycles. The topological polar surface area (TPSA) is 123 Å². The predicted octanol–water partition coefficient (Wildman–Crippen LogP) is 3.57. The molecule has 1 aliphatic heterocycles. The highest BCUT2D eigenvalue weighted by Gasteiger charge is 2.33. The molecule has 2 aromatic rings. The van der Waals surface area contributed by atoms with Gasteiger partial charge in [0.2, 0.25) is 5.92 Å². The first-order valence-corrected chi connectivity index (χ1v) is 11.5. The molecule has 0 saturated carbocycles. The summed E-state index contributed by atoms with van der Waals surface area (Å²) in [5, 5.41) is 12.0. The lowest BCUT2D eigenvalue weighted by atomic mass is 10.1. The molecule has 1 amide bonds. The molecule has 8 nitrogen and oxygen atoms in total. The largest absolute Gasteiger partial charge is 0.356 e. The van der Waals surface area contributed by atoms with Crippen molar-refractivity contribution in [1.29, 1.82) is 10.0 Å². The van der Waals surface area contributed by atoms with E-state index < -0.39 is 21.6 Å². The maximum Gasteiger partial charge on any atom is 0.259 e. The third-order valence-electron chi connectivity index (χ3n) is 4.95. The summed E-state index contributed by atoms with van der Waals surface area (Å²) >= 11 is 0. The summed E-state index contributed by atoms with van der Waals surface area (Å²) in [6.07, 6.45) is 2.18. The van der Waals surface area contributed by atoms with Crippen molar-refractivity contribution in [2.75, 3.05) is 29.6 Å². The van der Waals surface area contributed by atoms with Crippen molar-refractivity contribution in [3.8, 4) is 6.07 Å². The summed E-state index contributed by atoms with van der Waals surface area (Å²) < 4.78 is 47.3. The molecule has 0 aliphatic carbocycles. The standard InChI is InChI=1S/C20H22F2N6O2S/c1-13-10-15(12-23)26-18(28-8-3-5-20(21,22)6-9-28)17(13)19(29)27-14-4-7-25-16(11-14)31(2,24)30/h4,7,10-11,24H,3,5-6,8-9H2,1-2H3,(H,25,27,29). The highest BCUT2D eigenvalue weighted by molar-refractivity contribution is 7.91. The summed E-state index contributed by atoms with van der Waals surface area (Å²) in [5.41, 5.74) is 1.02. The van der Waals surface area contributed by atoms with Crippen molar-refractivity contribution in [3.63, 3.8) is 0 Å². The number of nitriles is 1. The van der Waals surface area contributed by atoms with Crippen LogP contribution in [0.2, 0.25) is 0 Å². The van der Waals surface area contributed by atoms with Crippen LogP contribution in [0.5, 0.6) is 0 Å². The third kappa shape index (κ3) is 5.32. The molecular formula is C20H22F2N6O2S. The van der Waals surface area contributed by atoms with Crippen molar-refractivity contribution < 1.29 is 17.8 Å². The number of carbonyl (C=O) groups is 1. The number of aromatic nitrogens is 2. The Bertz CT molecular complexity index is 1160. The van der Waals surface area contributed by atoms with Crippen molar-refractivity contribution in [1.82, 2.24) is 9.97 Å². The number of nitrogens with one attached hydrogen (secondary N) is 2. The minimum Gasteiger partial charge on any atom is -0.356 e. The smallest absolute Gasteiger partial charge is 0.259 e. The molecule has 1 saturated heterocycles. The zero-order valence-corrected chi connectivity index (χ0v) is 17.9.